The molecule has 3 heterocycles. The molecule has 0 radical (unpaired) electrons. The summed E-state index contributed by atoms with van der Waals surface area (Å²) in [6, 6.07) is 0.238. The van der Waals surface area contributed by atoms with E-state index in [2.05, 4.69) is 15.3 Å². The summed E-state index contributed by atoms with van der Waals surface area (Å²) < 4.78 is 0. The van der Waals surface area contributed by atoms with Crippen LogP contribution in [-0.2, 0) is 4.79 Å². The SMILES string of the molecule is CNCCN1C(=O)CC[C@H]2CN(C(=O)c3cnc(N)nc3C)CC[C@H]21. The van der Waals surface area contributed by atoms with Crippen molar-refractivity contribution in [3.63, 3.8) is 0 Å². The molecular weight excluding hydrogens is 320 g/mol. The van der Waals surface area contributed by atoms with Gasteiger partial charge in [0.1, 0.15) is 0 Å². The minimum atomic E-state index is -0.0466. The molecule has 0 saturated carbocycles. The molecule has 0 spiro atoms. The molecule has 0 bridgehead atoms. The number of rotatable bonds is 4. The summed E-state index contributed by atoms with van der Waals surface area (Å²) in [4.78, 5) is 37.0. The number of carbonyl (C=O) groups is 2. The van der Waals surface area contributed by atoms with E-state index in [1.165, 1.54) is 6.20 Å². The van der Waals surface area contributed by atoms with Gasteiger partial charge in [0, 0.05) is 44.8 Å². The molecule has 1 aromatic heterocycles. The summed E-state index contributed by atoms with van der Waals surface area (Å²) in [6.07, 6.45) is 3.74. The van der Waals surface area contributed by atoms with Crippen LogP contribution in [0.5, 0.6) is 0 Å². The Kier molecular flexibility index (Phi) is 5.17. The fraction of sp³-hybridized carbons (Fsp3) is 0.647. The molecule has 0 aromatic carbocycles. The van der Waals surface area contributed by atoms with Gasteiger partial charge in [0.2, 0.25) is 11.9 Å². The number of amides is 2. The van der Waals surface area contributed by atoms with Gasteiger partial charge in [-0.05, 0) is 32.7 Å². The van der Waals surface area contributed by atoms with Crippen molar-refractivity contribution in [3.05, 3.63) is 17.5 Å². The average molecular weight is 346 g/mol. The van der Waals surface area contributed by atoms with Crippen molar-refractivity contribution in [1.29, 1.82) is 0 Å². The van der Waals surface area contributed by atoms with Gasteiger partial charge in [0.25, 0.3) is 5.91 Å². The van der Waals surface area contributed by atoms with Crippen molar-refractivity contribution in [1.82, 2.24) is 25.1 Å². The van der Waals surface area contributed by atoms with Crippen molar-refractivity contribution >= 4 is 17.8 Å². The predicted octanol–water partition coefficient (Wildman–Crippen LogP) is 0.0397. The van der Waals surface area contributed by atoms with E-state index in [9.17, 15) is 9.59 Å². The van der Waals surface area contributed by atoms with E-state index in [-0.39, 0.29) is 23.8 Å². The van der Waals surface area contributed by atoms with E-state index < -0.39 is 0 Å². The molecule has 0 aliphatic carbocycles. The van der Waals surface area contributed by atoms with Gasteiger partial charge in [-0.2, -0.15) is 0 Å². The second kappa shape index (κ2) is 7.35. The molecule has 3 N–H and O–H groups in total. The van der Waals surface area contributed by atoms with Gasteiger partial charge in [-0.3, -0.25) is 9.59 Å². The number of anilines is 1. The number of nitrogens with two attached hydrogens (primary N) is 1. The highest BCUT2D eigenvalue weighted by Gasteiger charge is 2.40. The summed E-state index contributed by atoms with van der Waals surface area (Å²) in [5.41, 5.74) is 6.68. The van der Waals surface area contributed by atoms with Gasteiger partial charge < -0.3 is 20.9 Å². The van der Waals surface area contributed by atoms with Crippen LogP contribution >= 0.6 is 0 Å². The van der Waals surface area contributed by atoms with Crippen LogP contribution in [0.1, 0.15) is 35.3 Å². The number of nitrogen functional groups attached to an aromatic ring is 1. The molecule has 2 saturated heterocycles. The first-order valence-corrected chi connectivity index (χ1v) is 8.83. The first-order chi connectivity index (χ1) is 12.0. The van der Waals surface area contributed by atoms with Crippen LogP contribution in [0.25, 0.3) is 0 Å². The lowest BCUT2D eigenvalue weighted by Gasteiger charge is -2.47. The van der Waals surface area contributed by atoms with Crippen LogP contribution in [0.2, 0.25) is 0 Å². The number of carbonyl (C=O) groups excluding carboxylic acids is 2. The minimum absolute atomic E-state index is 0.0466. The van der Waals surface area contributed by atoms with Gasteiger partial charge in [0.15, 0.2) is 0 Å². The number of likely N-dealkylation sites (tertiary alicyclic amines) is 2. The van der Waals surface area contributed by atoms with Gasteiger partial charge in [-0.15, -0.1) is 0 Å². The predicted molar refractivity (Wildman–Crippen MR) is 93.9 cm³/mol. The van der Waals surface area contributed by atoms with E-state index in [0.717, 1.165) is 25.9 Å². The summed E-state index contributed by atoms with van der Waals surface area (Å²) in [5, 5.41) is 3.11. The molecule has 136 valence electrons. The van der Waals surface area contributed by atoms with Crippen molar-refractivity contribution in [3.8, 4) is 0 Å². The number of aryl methyl sites for hydroxylation is 1. The zero-order valence-corrected chi connectivity index (χ0v) is 14.9. The van der Waals surface area contributed by atoms with Gasteiger partial charge >= 0.3 is 0 Å². The molecule has 2 aliphatic heterocycles. The standard InChI is InChI=1S/C17H26N6O2/c1-11-13(9-20-17(18)21-11)16(25)22-7-5-14-12(10-22)3-4-15(24)23(14)8-6-19-2/h9,12,14,19H,3-8,10H2,1-2H3,(H2,18,20,21)/t12-,14+/m0/s1. The Morgan fingerprint density at radius 3 is 2.96 bits per heavy atom. The maximum atomic E-state index is 12.8. The highest BCUT2D eigenvalue weighted by molar-refractivity contribution is 5.95. The summed E-state index contributed by atoms with van der Waals surface area (Å²) >= 11 is 0. The topological polar surface area (TPSA) is 104 Å². The molecule has 2 aliphatic rings. The molecule has 2 fully saturated rings. The molecule has 1 aromatic rings. The van der Waals surface area contributed by atoms with Crippen LogP contribution in [0.4, 0.5) is 5.95 Å². The second-order valence-electron chi connectivity index (χ2n) is 6.82. The first-order valence-electron chi connectivity index (χ1n) is 8.83. The quantitative estimate of drug-likeness (QED) is 0.798. The third kappa shape index (κ3) is 3.58. The summed E-state index contributed by atoms with van der Waals surface area (Å²) in [7, 11) is 1.89. The van der Waals surface area contributed by atoms with E-state index in [1.807, 2.05) is 16.8 Å². The lowest BCUT2D eigenvalue weighted by atomic mass is 9.83. The lowest BCUT2D eigenvalue weighted by molar-refractivity contribution is -0.140. The molecule has 25 heavy (non-hydrogen) atoms. The van der Waals surface area contributed by atoms with Crippen molar-refractivity contribution in [2.45, 2.75) is 32.2 Å². The van der Waals surface area contributed by atoms with Gasteiger partial charge in [0.05, 0.1) is 11.3 Å². The molecular formula is C17H26N6O2. The van der Waals surface area contributed by atoms with E-state index in [1.54, 1.807) is 6.92 Å². The van der Waals surface area contributed by atoms with Crippen LogP contribution in [0.15, 0.2) is 6.20 Å². The minimum Gasteiger partial charge on any atom is -0.368 e. The molecule has 0 unspecified atom stereocenters. The Labute approximate surface area is 147 Å². The molecule has 8 nitrogen and oxygen atoms in total. The van der Waals surface area contributed by atoms with Crippen molar-refractivity contribution < 1.29 is 9.59 Å². The highest BCUT2D eigenvalue weighted by Crippen LogP contribution is 2.31. The van der Waals surface area contributed by atoms with Gasteiger partial charge in [-0.1, -0.05) is 0 Å². The Bertz CT molecular complexity index is 665. The van der Waals surface area contributed by atoms with Gasteiger partial charge in [-0.25, -0.2) is 9.97 Å². The van der Waals surface area contributed by atoms with Crippen LogP contribution in [0, 0.1) is 12.8 Å². The number of nitrogens with zero attached hydrogens (tertiary/aromatic N) is 4. The molecule has 2 atom stereocenters. The lowest BCUT2D eigenvalue weighted by Crippen LogP contribution is -2.57. The zero-order valence-electron chi connectivity index (χ0n) is 14.9. The second-order valence-corrected chi connectivity index (χ2v) is 6.82. The number of piperidine rings is 2. The Morgan fingerprint density at radius 2 is 2.24 bits per heavy atom. The zero-order chi connectivity index (χ0) is 18.0. The van der Waals surface area contributed by atoms with Crippen LogP contribution in [-0.4, -0.2) is 70.9 Å². The first kappa shape index (κ1) is 17.6. The molecule has 2 amide bonds. The number of aromatic nitrogens is 2. The molecule has 8 heteroatoms. The van der Waals surface area contributed by atoms with E-state index in [4.69, 9.17) is 5.73 Å². The van der Waals surface area contributed by atoms with Crippen LogP contribution < -0.4 is 11.1 Å². The Morgan fingerprint density at radius 1 is 1.44 bits per heavy atom. The number of hydrogen-bond donors (Lipinski definition) is 2. The van der Waals surface area contributed by atoms with Crippen molar-refractivity contribution in [2.75, 3.05) is 39.0 Å². The summed E-state index contributed by atoms with van der Waals surface area (Å²) in [5.74, 6) is 0.703. The van der Waals surface area contributed by atoms with Crippen LogP contribution in [0.3, 0.4) is 0 Å². The number of nitrogens with one attached hydrogen (secondary N) is 1. The maximum absolute atomic E-state index is 12.8. The molecule has 3 rings (SSSR count). The highest BCUT2D eigenvalue weighted by atomic mass is 16.2. The Balaban J connectivity index is 1.70. The normalized spacial score (nSPS) is 23.5. The summed E-state index contributed by atoms with van der Waals surface area (Å²) in [6.45, 7) is 4.62. The smallest absolute Gasteiger partial charge is 0.257 e. The monoisotopic (exact) mass is 346 g/mol. The van der Waals surface area contributed by atoms with E-state index >= 15 is 0 Å². The fourth-order valence-corrected chi connectivity index (χ4v) is 3.92. The fourth-order valence-electron chi connectivity index (χ4n) is 3.92. The van der Waals surface area contributed by atoms with E-state index in [0.29, 0.717) is 36.7 Å². The number of likely N-dealkylation sites (N-methyl/N-ethyl adjacent to an activating group) is 1. The number of hydrogen-bond acceptors (Lipinski definition) is 6. The largest absolute Gasteiger partial charge is 0.368 e. The number of fused-ring (bicyclic) bond motifs is 1. The third-order valence-electron chi connectivity index (χ3n) is 5.26. The third-order valence-corrected chi connectivity index (χ3v) is 5.26. The Hall–Kier alpha value is -2.22. The van der Waals surface area contributed by atoms with Crippen molar-refractivity contribution in [2.24, 2.45) is 5.92 Å². The maximum Gasteiger partial charge on any atom is 0.257 e. The average Bonchev–Trinajstić information content (AvgIpc) is 2.60.